The van der Waals surface area contributed by atoms with Gasteiger partial charge in [-0.3, -0.25) is 0 Å². The third-order valence-electron chi connectivity index (χ3n) is 2.29. The number of rotatable bonds is 4. The molecule has 0 atom stereocenters. The summed E-state index contributed by atoms with van der Waals surface area (Å²) >= 11 is 10.9. The monoisotopic (exact) mass is 347 g/mol. The van der Waals surface area contributed by atoms with E-state index in [1.165, 1.54) is 6.33 Å². The highest BCUT2D eigenvalue weighted by Crippen LogP contribution is 2.30. The number of aromatic nitrogens is 2. The highest BCUT2D eigenvalue weighted by Gasteiger charge is 2.13. The summed E-state index contributed by atoms with van der Waals surface area (Å²) in [6, 6.07) is 3.89. The Morgan fingerprint density at radius 2 is 2.28 bits per heavy atom. The lowest BCUT2D eigenvalue weighted by molar-refractivity contribution is 0.899. The summed E-state index contributed by atoms with van der Waals surface area (Å²) < 4.78 is 1.52. The number of hydrogen-bond donors (Lipinski definition) is 2. The average Bonchev–Trinajstić information content (AvgIpc) is 2.75. The number of hydrogen-bond acceptors (Lipinski definition) is 6. The van der Waals surface area contributed by atoms with Crippen molar-refractivity contribution in [2.45, 2.75) is 6.54 Å². The van der Waals surface area contributed by atoms with Crippen LogP contribution in [0.1, 0.15) is 4.88 Å². The fourth-order valence-electron chi connectivity index (χ4n) is 1.47. The van der Waals surface area contributed by atoms with Crippen LogP contribution in [0.15, 0.2) is 22.9 Å². The second-order valence-corrected chi connectivity index (χ2v) is 6.16. The van der Waals surface area contributed by atoms with Crippen LogP contribution in [0.5, 0.6) is 0 Å². The van der Waals surface area contributed by atoms with E-state index in [2.05, 4.69) is 31.3 Å². The van der Waals surface area contributed by atoms with E-state index < -0.39 is 0 Å². The van der Waals surface area contributed by atoms with E-state index in [9.17, 15) is 0 Å². The van der Waals surface area contributed by atoms with Crippen molar-refractivity contribution < 1.29 is 0 Å². The molecule has 8 heteroatoms. The molecular formula is C10H11BrClN5S. The molecule has 0 amide bonds. The number of halogens is 2. The predicted molar refractivity (Wildman–Crippen MR) is 79.0 cm³/mol. The maximum atomic E-state index is 5.91. The average molecular weight is 349 g/mol. The van der Waals surface area contributed by atoms with Crippen LogP contribution in [0.2, 0.25) is 4.34 Å². The fraction of sp³-hybridized carbons (Fsp3) is 0.200. The van der Waals surface area contributed by atoms with Gasteiger partial charge >= 0.3 is 0 Å². The summed E-state index contributed by atoms with van der Waals surface area (Å²) in [7, 11) is 1.95. The number of thiophene rings is 1. The van der Waals surface area contributed by atoms with E-state index in [0.29, 0.717) is 5.82 Å². The van der Waals surface area contributed by atoms with Crippen LogP contribution in [0, 0.1) is 0 Å². The molecule has 96 valence electrons. The van der Waals surface area contributed by atoms with Crippen molar-refractivity contribution >= 4 is 50.5 Å². The summed E-state index contributed by atoms with van der Waals surface area (Å²) in [6.45, 7) is 0.719. The highest BCUT2D eigenvalue weighted by atomic mass is 79.9. The van der Waals surface area contributed by atoms with Gasteiger partial charge in [0.05, 0.1) is 10.9 Å². The molecule has 0 saturated carbocycles. The molecule has 0 unspecified atom stereocenters. The van der Waals surface area contributed by atoms with Gasteiger partial charge in [-0.05, 0) is 28.1 Å². The van der Waals surface area contributed by atoms with E-state index in [0.717, 1.165) is 26.0 Å². The Hall–Kier alpha value is -0.890. The summed E-state index contributed by atoms with van der Waals surface area (Å²) in [5.74, 6) is 6.69. The summed E-state index contributed by atoms with van der Waals surface area (Å²) in [6.07, 6.45) is 1.47. The number of nitrogen functional groups attached to an aromatic ring is 1. The Labute approximate surface area is 122 Å². The topological polar surface area (TPSA) is 67.1 Å². The van der Waals surface area contributed by atoms with Crippen molar-refractivity contribution in [3.8, 4) is 0 Å². The van der Waals surface area contributed by atoms with E-state index in [4.69, 9.17) is 17.4 Å². The zero-order valence-corrected chi connectivity index (χ0v) is 12.7. The molecule has 0 radical (unpaired) electrons. The van der Waals surface area contributed by atoms with Gasteiger partial charge in [0.25, 0.3) is 0 Å². The van der Waals surface area contributed by atoms with Gasteiger partial charge < -0.3 is 10.3 Å². The van der Waals surface area contributed by atoms with Crippen LogP contribution >= 0.6 is 38.9 Å². The molecule has 0 saturated heterocycles. The van der Waals surface area contributed by atoms with Crippen LogP contribution in [-0.2, 0) is 6.54 Å². The third kappa shape index (κ3) is 2.92. The van der Waals surface area contributed by atoms with Gasteiger partial charge in [0.1, 0.15) is 16.6 Å². The smallest absolute Gasteiger partial charge is 0.159 e. The molecule has 2 aromatic heterocycles. The van der Waals surface area contributed by atoms with Crippen LogP contribution < -0.4 is 16.2 Å². The largest absolute Gasteiger partial charge is 0.353 e. The molecule has 18 heavy (non-hydrogen) atoms. The number of nitrogens with one attached hydrogen (secondary N) is 1. The molecule has 0 fully saturated rings. The molecule has 2 rings (SSSR count). The van der Waals surface area contributed by atoms with Crippen LogP contribution in [0.25, 0.3) is 0 Å². The Morgan fingerprint density at radius 3 is 2.89 bits per heavy atom. The number of anilines is 2. The van der Waals surface area contributed by atoms with Gasteiger partial charge in [0.15, 0.2) is 5.82 Å². The maximum absolute atomic E-state index is 5.91. The molecule has 0 aliphatic rings. The summed E-state index contributed by atoms with van der Waals surface area (Å²) in [5, 5.41) is 0. The van der Waals surface area contributed by atoms with Crippen LogP contribution in [-0.4, -0.2) is 17.0 Å². The lowest BCUT2D eigenvalue weighted by atomic mass is 10.4. The van der Waals surface area contributed by atoms with E-state index >= 15 is 0 Å². The second kappa shape index (κ2) is 5.83. The lowest BCUT2D eigenvalue weighted by Crippen LogP contribution is -2.19. The Morgan fingerprint density at radius 1 is 1.50 bits per heavy atom. The van der Waals surface area contributed by atoms with E-state index in [1.807, 2.05) is 24.1 Å². The van der Waals surface area contributed by atoms with Crippen LogP contribution in [0.3, 0.4) is 0 Å². The van der Waals surface area contributed by atoms with Crippen LogP contribution in [0.4, 0.5) is 11.6 Å². The minimum atomic E-state index is 0.552. The van der Waals surface area contributed by atoms with Crippen molar-refractivity contribution in [2.75, 3.05) is 17.4 Å². The first kappa shape index (κ1) is 13.5. The van der Waals surface area contributed by atoms with Crippen molar-refractivity contribution in [2.24, 2.45) is 5.84 Å². The van der Waals surface area contributed by atoms with Gasteiger partial charge in [0, 0.05) is 11.9 Å². The van der Waals surface area contributed by atoms with Gasteiger partial charge in [-0.1, -0.05) is 11.6 Å². The number of hydrazine groups is 1. The number of nitrogens with zero attached hydrogens (tertiary/aromatic N) is 3. The van der Waals surface area contributed by atoms with Gasteiger partial charge in [-0.2, -0.15) is 0 Å². The predicted octanol–water partition coefficient (Wildman–Crippen LogP) is 2.88. The van der Waals surface area contributed by atoms with Crippen molar-refractivity contribution in [1.29, 1.82) is 0 Å². The van der Waals surface area contributed by atoms with Gasteiger partial charge in [0.2, 0.25) is 0 Å². The lowest BCUT2D eigenvalue weighted by Gasteiger charge is -2.19. The van der Waals surface area contributed by atoms with Crippen molar-refractivity contribution in [3.63, 3.8) is 0 Å². The first-order valence-electron chi connectivity index (χ1n) is 5.04. The van der Waals surface area contributed by atoms with E-state index in [1.54, 1.807) is 11.3 Å². The molecule has 5 nitrogen and oxygen atoms in total. The highest BCUT2D eigenvalue weighted by molar-refractivity contribution is 9.10. The minimum Gasteiger partial charge on any atom is -0.353 e. The molecule has 2 heterocycles. The van der Waals surface area contributed by atoms with Gasteiger partial charge in [-0.25, -0.2) is 15.8 Å². The molecule has 0 aromatic carbocycles. The fourth-order valence-corrected chi connectivity index (χ4v) is 3.24. The molecule has 0 spiro atoms. The molecular weight excluding hydrogens is 338 g/mol. The SMILES string of the molecule is CN(Cc1ccc(Cl)s1)c1ncnc(NN)c1Br. The quantitative estimate of drug-likeness (QED) is 0.657. The van der Waals surface area contributed by atoms with E-state index in [-0.39, 0.29) is 0 Å². The van der Waals surface area contributed by atoms with Crippen molar-refractivity contribution in [3.05, 3.63) is 32.1 Å². The Kier molecular flexibility index (Phi) is 4.39. The Balaban J connectivity index is 2.21. The zero-order chi connectivity index (χ0) is 13.1. The minimum absolute atomic E-state index is 0.552. The molecule has 0 aliphatic heterocycles. The van der Waals surface area contributed by atoms with Gasteiger partial charge in [-0.15, -0.1) is 11.3 Å². The standard InChI is InChI=1S/C10H11BrClN5S/c1-17(4-6-2-3-7(12)18-6)10-8(11)9(16-13)14-5-15-10/h2-3,5H,4,13H2,1H3,(H,14,15,16). The first-order chi connectivity index (χ1) is 8.61. The van der Waals surface area contributed by atoms with Crippen molar-refractivity contribution in [1.82, 2.24) is 9.97 Å². The Bertz CT molecular complexity index is 547. The molecule has 3 N–H and O–H groups in total. The molecule has 0 aliphatic carbocycles. The second-order valence-electron chi connectivity index (χ2n) is 3.57. The molecule has 0 bridgehead atoms. The normalized spacial score (nSPS) is 10.4. The summed E-state index contributed by atoms with van der Waals surface area (Å²) in [5.41, 5.74) is 2.52. The maximum Gasteiger partial charge on any atom is 0.159 e. The summed E-state index contributed by atoms with van der Waals surface area (Å²) in [4.78, 5) is 11.4. The first-order valence-corrected chi connectivity index (χ1v) is 7.03. The molecule has 2 aromatic rings. The zero-order valence-electron chi connectivity index (χ0n) is 9.52. The number of nitrogens with two attached hydrogens (primary N) is 1. The third-order valence-corrected chi connectivity index (χ3v) is 4.24.